The van der Waals surface area contributed by atoms with Crippen LogP contribution in [0.3, 0.4) is 0 Å². The van der Waals surface area contributed by atoms with Gasteiger partial charge in [-0.15, -0.1) is 11.3 Å². The number of hydrogen-bond donors (Lipinski definition) is 0. The van der Waals surface area contributed by atoms with Crippen LogP contribution in [-0.2, 0) is 0 Å². The summed E-state index contributed by atoms with van der Waals surface area (Å²) in [5.74, 6) is 1.21. The van der Waals surface area contributed by atoms with E-state index in [1.807, 2.05) is 17.5 Å². The summed E-state index contributed by atoms with van der Waals surface area (Å²) < 4.78 is 1.31. The molecule has 0 amide bonds. The van der Waals surface area contributed by atoms with E-state index in [-0.39, 0.29) is 0 Å². The highest BCUT2D eigenvalue weighted by Crippen LogP contribution is 2.42. The molecule has 0 unspecified atom stereocenters. The van der Waals surface area contributed by atoms with Crippen LogP contribution in [0.2, 0.25) is 0 Å². The molecule has 0 spiro atoms. The largest absolute Gasteiger partial charge is 0.256 e. The number of aromatic nitrogens is 1. The zero-order valence-corrected chi connectivity index (χ0v) is 22.0. The Hall–Kier alpha value is -3.23. The third-order valence-corrected chi connectivity index (χ3v) is 8.87. The molecular weight excluding hydrogens is 454 g/mol. The summed E-state index contributed by atoms with van der Waals surface area (Å²) in [4.78, 5) is 6.09. The Bertz CT molecular complexity index is 1470. The van der Waals surface area contributed by atoms with E-state index in [4.69, 9.17) is 4.98 Å². The van der Waals surface area contributed by atoms with Crippen molar-refractivity contribution in [1.82, 2.24) is 4.98 Å². The van der Waals surface area contributed by atoms with E-state index in [9.17, 15) is 0 Å². The van der Waals surface area contributed by atoms with Gasteiger partial charge in [0.2, 0.25) is 0 Å². The van der Waals surface area contributed by atoms with Gasteiger partial charge in [-0.2, -0.15) is 0 Å². The molecule has 2 heterocycles. The lowest BCUT2D eigenvalue weighted by Crippen LogP contribution is -2.04. The molecule has 1 aliphatic rings. The van der Waals surface area contributed by atoms with Gasteiger partial charge in [0, 0.05) is 26.7 Å². The van der Waals surface area contributed by atoms with Crippen molar-refractivity contribution < 1.29 is 0 Å². The maximum atomic E-state index is 4.78. The highest BCUT2D eigenvalue weighted by Gasteiger charge is 2.17. The molecule has 0 radical (unpaired) electrons. The smallest absolute Gasteiger partial charge is 0.0705 e. The Morgan fingerprint density at radius 3 is 2.28 bits per heavy atom. The van der Waals surface area contributed by atoms with E-state index in [1.165, 1.54) is 80.4 Å². The van der Waals surface area contributed by atoms with Crippen molar-refractivity contribution in [3.63, 3.8) is 0 Å². The first kappa shape index (κ1) is 23.2. The standard InChI is InChI=1S/C34H33NS/c1-23(2)28-17-18-35-32(20-28)29-19-30(26-15-13-25(14-16-26)24-9-5-3-6-10-24)31-22-33(36-34(31)21-29)27-11-7-4-8-12-27/h4,7-8,11-24H,3,5-6,9-10H2,1-2H3. The molecule has 1 saturated carbocycles. The number of pyridine rings is 1. The molecule has 36 heavy (non-hydrogen) atoms. The minimum atomic E-state index is 0.480. The molecular formula is C34H33NS. The van der Waals surface area contributed by atoms with Gasteiger partial charge in [-0.1, -0.05) is 87.7 Å². The summed E-state index contributed by atoms with van der Waals surface area (Å²) in [5.41, 5.74) is 8.95. The van der Waals surface area contributed by atoms with Crippen LogP contribution in [0.4, 0.5) is 0 Å². The Balaban J connectivity index is 1.48. The van der Waals surface area contributed by atoms with Crippen molar-refractivity contribution in [2.75, 3.05) is 0 Å². The summed E-state index contributed by atoms with van der Waals surface area (Å²) in [5, 5.41) is 1.33. The molecule has 0 bridgehead atoms. The van der Waals surface area contributed by atoms with Gasteiger partial charge in [-0.3, -0.25) is 4.98 Å². The summed E-state index contributed by atoms with van der Waals surface area (Å²) >= 11 is 1.88. The van der Waals surface area contributed by atoms with Gasteiger partial charge in [-0.25, -0.2) is 0 Å². The summed E-state index contributed by atoms with van der Waals surface area (Å²) in [6, 6.07) is 31.7. The number of nitrogens with zero attached hydrogens (tertiary/aromatic N) is 1. The minimum Gasteiger partial charge on any atom is -0.256 e. The minimum absolute atomic E-state index is 0.480. The third kappa shape index (κ3) is 4.63. The van der Waals surface area contributed by atoms with Crippen molar-refractivity contribution >= 4 is 21.4 Å². The zero-order valence-electron chi connectivity index (χ0n) is 21.2. The van der Waals surface area contributed by atoms with E-state index < -0.39 is 0 Å². The lowest BCUT2D eigenvalue weighted by atomic mass is 9.83. The highest BCUT2D eigenvalue weighted by atomic mass is 32.1. The predicted octanol–water partition coefficient (Wildman–Crippen LogP) is 10.5. The Morgan fingerprint density at radius 1 is 0.750 bits per heavy atom. The topological polar surface area (TPSA) is 12.9 Å². The highest BCUT2D eigenvalue weighted by molar-refractivity contribution is 7.22. The van der Waals surface area contributed by atoms with E-state index in [2.05, 4.69) is 98.8 Å². The SMILES string of the molecule is CC(C)c1ccnc(-c2cc(-c3ccc(C4CCCCC4)cc3)c3cc(-c4ccccc4)sc3c2)c1. The first-order valence-corrected chi connectivity index (χ1v) is 14.2. The van der Waals surface area contributed by atoms with Gasteiger partial charge in [0.1, 0.15) is 0 Å². The van der Waals surface area contributed by atoms with Crippen LogP contribution in [0.15, 0.2) is 91.1 Å². The zero-order chi connectivity index (χ0) is 24.5. The van der Waals surface area contributed by atoms with Crippen molar-refractivity contribution in [3.8, 4) is 32.8 Å². The van der Waals surface area contributed by atoms with Gasteiger partial charge in [-0.05, 0) is 82.8 Å². The average molecular weight is 488 g/mol. The molecule has 1 nitrogen and oxygen atoms in total. The molecule has 180 valence electrons. The predicted molar refractivity (Wildman–Crippen MR) is 156 cm³/mol. The van der Waals surface area contributed by atoms with Crippen LogP contribution in [0, 0.1) is 0 Å². The second-order valence-electron chi connectivity index (χ2n) is 10.5. The number of fused-ring (bicyclic) bond motifs is 1. The Kier molecular flexibility index (Phi) is 6.46. The van der Waals surface area contributed by atoms with Crippen LogP contribution in [0.25, 0.3) is 42.9 Å². The summed E-state index contributed by atoms with van der Waals surface area (Å²) in [7, 11) is 0. The van der Waals surface area contributed by atoms with E-state index in [0.29, 0.717) is 5.92 Å². The van der Waals surface area contributed by atoms with Crippen molar-refractivity contribution in [2.24, 2.45) is 0 Å². The summed E-state index contributed by atoms with van der Waals surface area (Å²) in [6.45, 7) is 4.49. The first-order chi connectivity index (χ1) is 17.7. The molecule has 3 aromatic carbocycles. The lowest BCUT2D eigenvalue weighted by Gasteiger charge is -2.22. The van der Waals surface area contributed by atoms with E-state index >= 15 is 0 Å². The number of thiophene rings is 1. The van der Waals surface area contributed by atoms with Crippen molar-refractivity contribution in [1.29, 1.82) is 0 Å². The maximum absolute atomic E-state index is 4.78. The second kappa shape index (κ2) is 10.0. The molecule has 0 N–H and O–H groups in total. The van der Waals surface area contributed by atoms with Crippen LogP contribution >= 0.6 is 11.3 Å². The number of benzene rings is 3. The molecule has 1 aliphatic carbocycles. The lowest BCUT2D eigenvalue weighted by molar-refractivity contribution is 0.443. The van der Waals surface area contributed by atoms with E-state index in [0.717, 1.165) is 11.6 Å². The molecule has 1 fully saturated rings. The monoisotopic (exact) mass is 487 g/mol. The first-order valence-electron chi connectivity index (χ1n) is 13.4. The van der Waals surface area contributed by atoms with Crippen LogP contribution in [0.5, 0.6) is 0 Å². The van der Waals surface area contributed by atoms with Crippen LogP contribution in [0.1, 0.15) is 68.9 Å². The molecule has 2 aromatic heterocycles. The Labute approximate surface area is 218 Å². The quantitative estimate of drug-likeness (QED) is 0.240. The molecule has 5 aromatic rings. The fourth-order valence-electron chi connectivity index (χ4n) is 5.61. The molecule has 0 atom stereocenters. The third-order valence-electron chi connectivity index (χ3n) is 7.74. The van der Waals surface area contributed by atoms with Gasteiger partial charge in [0.15, 0.2) is 0 Å². The molecule has 0 saturated heterocycles. The van der Waals surface area contributed by atoms with Gasteiger partial charge in [0.25, 0.3) is 0 Å². The number of rotatable bonds is 5. The van der Waals surface area contributed by atoms with Gasteiger partial charge in [0.05, 0.1) is 5.69 Å². The molecule has 6 rings (SSSR count). The normalized spacial score (nSPS) is 14.5. The molecule has 0 aliphatic heterocycles. The van der Waals surface area contributed by atoms with Gasteiger partial charge >= 0.3 is 0 Å². The average Bonchev–Trinajstić information content (AvgIpc) is 3.38. The van der Waals surface area contributed by atoms with Crippen molar-refractivity contribution in [3.05, 3.63) is 102 Å². The maximum Gasteiger partial charge on any atom is 0.0705 e. The van der Waals surface area contributed by atoms with Crippen molar-refractivity contribution in [2.45, 2.75) is 57.8 Å². The Morgan fingerprint density at radius 2 is 1.53 bits per heavy atom. The summed E-state index contributed by atoms with van der Waals surface area (Å²) in [6.07, 6.45) is 8.76. The number of hydrogen-bond acceptors (Lipinski definition) is 2. The van der Waals surface area contributed by atoms with Crippen LogP contribution in [-0.4, -0.2) is 4.98 Å². The van der Waals surface area contributed by atoms with Crippen LogP contribution < -0.4 is 0 Å². The van der Waals surface area contributed by atoms with E-state index in [1.54, 1.807) is 0 Å². The fourth-order valence-corrected chi connectivity index (χ4v) is 6.74. The molecule has 2 heteroatoms. The second-order valence-corrected chi connectivity index (χ2v) is 11.6. The fraction of sp³-hybridized carbons (Fsp3) is 0.265. The van der Waals surface area contributed by atoms with Gasteiger partial charge < -0.3 is 0 Å².